The number of carbonyl (C=O) groups is 1. The molecule has 0 aromatic heterocycles. The van der Waals surface area contributed by atoms with Gasteiger partial charge in [0.2, 0.25) is 5.91 Å². The average Bonchev–Trinajstić information content (AvgIpc) is 2.53. The van der Waals surface area contributed by atoms with Gasteiger partial charge >= 0.3 is 0 Å². The summed E-state index contributed by atoms with van der Waals surface area (Å²) in [6.07, 6.45) is 0. The van der Waals surface area contributed by atoms with E-state index in [2.05, 4.69) is 10.6 Å². The molecule has 3 rings (SSSR count). The van der Waals surface area contributed by atoms with Gasteiger partial charge in [0.05, 0.1) is 0 Å². The Bertz CT molecular complexity index is 713. The predicted octanol–water partition coefficient (Wildman–Crippen LogP) is 3.56. The van der Waals surface area contributed by atoms with E-state index in [-0.39, 0.29) is 23.2 Å². The molecule has 134 valence electrons. The van der Waals surface area contributed by atoms with Crippen LogP contribution in [0.4, 0.5) is 8.78 Å². The molecule has 1 fully saturated rings. The standard InChI is InChI=1S/C18H18F2N2OS.ClH/c19-14-6-7-16(15(20)8-14)24-17(13-4-2-1-3-5-13)18(23)22-11-12-9-21-10-12;/h1-8,12,17,21H,9-11H2,(H,22,23);1H. The van der Waals surface area contributed by atoms with E-state index in [1.165, 1.54) is 12.1 Å². The van der Waals surface area contributed by atoms with Gasteiger partial charge in [0.1, 0.15) is 16.9 Å². The summed E-state index contributed by atoms with van der Waals surface area (Å²) in [6.45, 7) is 2.40. The van der Waals surface area contributed by atoms with Gasteiger partial charge in [-0.15, -0.1) is 24.2 Å². The van der Waals surface area contributed by atoms with Crippen molar-refractivity contribution in [3.8, 4) is 0 Å². The van der Waals surface area contributed by atoms with Crippen LogP contribution < -0.4 is 10.6 Å². The molecule has 2 N–H and O–H groups in total. The highest BCUT2D eigenvalue weighted by molar-refractivity contribution is 8.00. The van der Waals surface area contributed by atoms with Crippen molar-refractivity contribution in [3.05, 3.63) is 65.7 Å². The van der Waals surface area contributed by atoms with Crippen molar-refractivity contribution in [2.75, 3.05) is 19.6 Å². The zero-order valence-corrected chi connectivity index (χ0v) is 15.0. The Morgan fingerprint density at radius 1 is 1.20 bits per heavy atom. The van der Waals surface area contributed by atoms with Crippen molar-refractivity contribution in [2.45, 2.75) is 10.1 Å². The summed E-state index contributed by atoms with van der Waals surface area (Å²) < 4.78 is 27.1. The first-order valence-electron chi connectivity index (χ1n) is 7.78. The van der Waals surface area contributed by atoms with Crippen molar-refractivity contribution in [1.82, 2.24) is 10.6 Å². The van der Waals surface area contributed by atoms with Crippen LogP contribution in [-0.2, 0) is 4.79 Å². The molecule has 0 radical (unpaired) electrons. The van der Waals surface area contributed by atoms with Crippen LogP contribution in [0.15, 0.2) is 53.4 Å². The third kappa shape index (κ3) is 5.17. The van der Waals surface area contributed by atoms with Crippen LogP contribution in [0.3, 0.4) is 0 Å². The van der Waals surface area contributed by atoms with Gasteiger partial charge in [0.15, 0.2) is 0 Å². The molecule has 1 heterocycles. The van der Waals surface area contributed by atoms with Gasteiger partial charge in [-0.2, -0.15) is 0 Å². The van der Waals surface area contributed by atoms with Crippen LogP contribution in [0.25, 0.3) is 0 Å². The Labute approximate surface area is 156 Å². The summed E-state index contributed by atoms with van der Waals surface area (Å²) in [7, 11) is 0. The Hall–Kier alpha value is -1.63. The van der Waals surface area contributed by atoms with Gasteiger partial charge in [0, 0.05) is 36.5 Å². The van der Waals surface area contributed by atoms with E-state index in [1.807, 2.05) is 30.3 Å². The third-order valence-electron chi connectivity index (χ3n) is 3.91. The van der Waals surface area contributed by atoms with E-state index < -0.39 is 16.9 Å². The number of amides is 1. The minimum atomic E-state index is -0.656. The minimum Gasteiger partial charge on any atom is -0.354 e. The van der Waals surface area contributed by atoms with Crippen LogP contribution >= 0.6 is 24.2 Å². The van der Waals surface area contributed by atoms with Crippen LogP contribution in [0.5, 0.6) is 0 Å². The average molecular weight is 385 g/mol. The predicted molar refractivity (Wildman–Crippen MR) is 98.0 cm³/mol. The molecule has 1 saturated heterocycles. The Balaban J connectivity index is 0.00000225. The lowest BCUT2D eigenvalue weighted by molar-refractivity contribution is -0.120. The van der Waals surface area contributed by atoms with Crippen molar-refractivity contribution >= 4 is 30.1 Å². The number of hydrogen-bond donors (Lipinski definition) is 2. The molecule has 0 saturated carbocycles. The molecule has 0 spiro atoms. The second-order valence-corrected chi connectivity index (χ2v) is 6.90. The van der Waals surface area contributed by atoms with Gasteiger partial charge < -0.3 is 10.6 Å². The van der Waals surface area contributed by atoms with E-state index in [1.54, 1.807) is 0 Å². The number of hydrogen-bond acceptors (Lipinski definition) is 3. The number of benzene rings is 2. The Morgan fingerprint density at radius 2 is 1.92 bits per heavy atom. The first-order chi connectivity index (χ1) is 11.6. The molecule has 2 aromatic carbocycles. The van der Waals surface area contributed by atoms with Crippen LogP contribution in [0.1, 0.15) is 10.8 Å². The molecule has 3 nitrogen and oxygen atoms in total. The SMILES string of the molecule is Cl.O=C(NCC1CNC1)C(Sc1ccc(F)cc1F)c1ccccc1. The lowest BCUT2D eigenvalue weighted by Gasteiger charge is -2.28. The van der Waals surface area contributed by atoms with Crippen molar-refractivity contribution < 1.29 is 13.6 Å². The highest BCUT2D eigenvalue weighted by Gasteiger charge is 2.25. The molecule has 2 aromatic rings. The highest BCUT2D eigenvalue weighted by atomic mass is 35.5. The molecule has 0 bridgehead atoms. The summed E-state index contributed by atoms with van der Waals surface area (Å²) >= 11 is 1.09. The smallest absolute Gasteiger partial charge is 0.238 e. The third-order valence-corrected chi connectivity index (χ3v) is 5.22. The molecule has 0 aliphatic carbocycles. The number of halogens is 3. The van der Waals surface area contributed by atoms with Crippen molar-refractivity contribution in [1.29, 1.82) is 0 Å². The number of rotatable bonds is 6. The lowest BCUT2D eigenvalue weighted by atomic mass is 10.0. The van der Waals surface area contributed by atoms with Gasteiger partial charge in [-0.05, 0) is 17.7 Å². The zero-order valence-electron chi connectivity index (χ0n) is 13.4. The fraction of sp³-hybridized carbons (Fsp3) is 0.278. The normalized spacial score (nSPS) is 15.0. The second-order valence-electron chi connectivity index (χ2n) is 5.75. The molecule has 1 atom stereocenters. The van der Waals surface area contributed by atoms with Crippen LogP contribution in [0, 0.1) is 17.6 Å². The van der Waals surface area contributed by atoms with Gasteiger partial charge in [-0.25, -0.2) is 8.78 Å². The monoisotopic (exact) mass is 384 g/mol. The first-order valence-corrected chi connectivity index (χ1v) is 8.66. The van der Waals surface area contributed by atoms with Crippen LogP contribution in [-0.4, -0.2) is 25.5 Å². The topological polar surface area (TPSA) is 41.1 Å². The van der Waals surface area contributed by atoms with Crippen molar-refractivity contribution in [3.63, 3.8) is 0 Å². The maximum absolute atomic E-state index is 14.0. The first kappa shape index (κ1) is 19.7. The van der Waals surface area contributed by atoms with E-state index in [0.29, 0.717) is 12.5 Å². The summed E-state index contributed by atoms with van der Waals surface area (Å²) in [6, 6.07) is 12.6. The second kappa shape index (κ2) is 9.17. The van der Waals surface area contributed by atoms with E-state index in [9.17, 15) is 13.6 Å². The van der Waals surface area contributed by atoms with Gasteiger partial charge in [-0.1, -0.05) is 30.3 Å². The lowest BCUT2D eigenvalue weighted by Crippen LogP contribution is -2.48. The summed E-state index contributed by atoms with van der Waals surface area (Å²) in [5.74, 6) is -1.01. The maximum atomic E-state index is 14.0. The molecule has 1 unspecified atom stereocenters. The number of thioether (sulfide) groups is 1. The summed E-state index contributed by atoms with van der Waals surface area (Å²) in [4.78, 5) is 12.9. The quantitative estimate of drug-likeness (QED) is 0.748. The van der Waals surface area contributed by atoms with E-state index in [4.69, 9.17) is 0 Å². The van der Waals surface area contributed by atoms with Gasteiger partial charge in [0.25, 0.3) is 0 Å². The van der Waals surface area contributed by atoms with Crippen LogP contribution in [0.2, 0.25) is 0 Å². The van der Waals surface area contributed by atoms with Crippen molar-refractivity contribution in [2.24, 2.45) is 5.92 Å². The fourth-order valence-corrected chi connectivity index (χ4v) is 3.48. The Kier molecular flexibility index (Phi) is 7.23. The number of nitrogens with one attached hydrogen (secondary N) is 2. The zero-order chi connectivity index (χ0) is 16.9. The number of carbonyl (C=O) groups excluding carboxylic acids is 1. The molecule has 25 heavy (non-hydrogen) atoms. The van der Waals surface area contributed by atoms with E-state index >= 15 is 0 Å². The van der Waals surface area contributed by atoms with E-state index in [0.717, 1.165) is 36.5 Å². The molecule has 1 aliphatic rings. The maximum Gasteiger partial charge on any atom is 0.238 e. The van der Waals surface area contributed by atoms with Gasteiger partial charge in [-0.3, -0.25) is 4.79 Å². The summed E-state index contributed by atoms with van der Waals surface area (Å²) in [5.41, 5.74) is 0.787. The highest BCUT2D eigenvalue weighted by Crippen LogP contribution is 2.37. The molecule has 1 amide bonds. The Morgan fingerprint density at radius 3 is 2.52 bits per heavy atom. The fourth-order valence-electron chi connectivity index (χ4n) is 2.43. The minimum absolute atomic E-state index is 0. The molecular formula is C18H19ClF2N2OS. The molecule has 1 aliphatic heterocycles. The summed E-state index contributed by atoms with van der Waals surface area (Å²) in [5, 5.41) is 5.51. The largest absolute Gasteiger partial charge is 0.354 e. The molecule has 7 heteroatoms. The molecular weight excluding hydrogens is 366 g/mol.